The summed E-state index contributed by atoms with van der Waals surface area (Å²) in [4.78, 5) is 6.29. The molecule has 0 aliphatic carbocycles. The molecule has 0 bridgehead atoms. The standard InChI is InChI=1S/C13H23N3O/c1-4-12(14)13(16(2)9-10-17-3)11-5-7-15-8-6-11/h5-8,12-13H,4,9-10,14H2,1-3H3. The molecule has 0 aromatic carbocycles. The van der Waals surface area contributed by atoms with Crippen molar-refractivity contribution in [1.29, 1.82) is 0 Å². The second-order valence-corrected chi connectivity index (χ2v) is 4.27. The normalized spacial score (nSPS) is 14.9. The molecule has 2 unspecified atom stereocenters. The van der Waals surface area contributed by atoms with Crippen molar-refractivity contribution in [1.82, 2.24) is 9.88 Å². The average molecular weight is 237 g/mol. The number of likely N-dealkylation sites (N-methyl/N-ethyl adjacent to an activating group) is 1. The molecule has 0 amide bonds. The number of nitrogens with two attached hydrogens (primary N) is 1. The highest BCUT2D eigenvalue weighted by Crippen LogP contribution is 2.22. The Labute approximate surface area is 104 Å². The molecule has 0 radical (unpaired) electrons. The maximum atomic E-state index is 6.22. The van der Waals surface area contributed by atoms with Gasteiger partial charge in [-0.25, -0.2) is 0 Å². The van der Waals surface area contributed by atoms with Gasteiger partial charge in [-0.2, -0.15) is 0 Å². The zero-order chi connectivity index (χ0) is 12.7. The lowest BCUT2D eigenvalue weighted by Gasteiger charge is -2.32. The third-order valence-corrected chi connectivity index (χ3v) is 3.05. The van der Waals surface area contributed by atoms with Gasteiger partial charge in [0.25, 0.3) is 0 Å². The molecule has 1 aromatic rings. The van der Waals surface area contributed by atoms with Gasteiger partial charge < -0.3 is 10.5 Å². The van der Waals surface area contributed by atoms with Crippen molar-refractivity contribution in [3.8, 4) is 0 Å². The number of hydrogen-bond donors (Lipinski definition) is 1. The number of methoxy groups -OCH3 is 1. The third kappa shape index (κ3) is 4.07. The maximum Gasteiger partial charge on any atom is 0.0589 e. The zero-order valence-electron chi connectivity index (χ0n) is 11.0. The Morgan fingerprint density at radius 2 is 2.06 bits per heavy atom. The molecule has 1 aromatic heterocycles. The summed E-state index contributed by atoms with van der Waals surface area (Å²) < 4.78 is 5.12. The third-order valence-electron chi connectivity index (χ3n) is 3.05. The molecule has 4 heteroatoms. The molecule has 0 aliphatic rings. The number of pyridine rings is 1. The van der Waals surface area contributed by atoms with E-state index in [0.717, 1.165) is 13.0 Å². The van der Waals surface area contributed by atoms with Gasteiger partial charge >= 0.3 is 0 Å². The highest BCUT2D eigenvalue weighted by Gasteiger charge is 2.22. The van der Waals surface area contributed by atoms with Gasteiger partial charge in [0, 0.05) is 38.1 Å². The van der Waals surface area contributed by atoms with E-state index in [1.165, 1.54) is 5.56 Å². The molecule has 4 nitrogen and oxygen atoms in total. The fraction of sp³-hybridized carbons (Fsp3) is 0.615. The van der Waals surface area contributed by atoms with Gasteiger partial charge in [-0.1, -0.05) is 6.92 Å². The van der Waals surface area contributed by atoms with Crippen LogP contribution in [0.25, 0.3) is 0 Å². The van der Waals surface area contributed by atoms with E-state index in [1.807, 2.05) is 24.5 Å². The first-order valence-corrected chi connectivity index (χ1v) is 6.05. The summed E-state index contributed by atoms with van der Waals surface area (Å²) in [5.41, 5.74) is 7.43. The number of hydrogen-bond acceptors (Lipinski definition) is 4. The quantitative estimate of drug-likeness (QED) is 0.779. The number of ether oxygens (including phenoxy) is 1. The SMILES string of the molecule is CCC(N)C(c1ccncc1)N(C)CCOC. The molecule has 0 fully saturated rings. The van der Waals surface area contributed by atoms with Gasteiger partial charge in [-0.05, 0) is 31.2 Å². The van der Waals surface area contributed by atoms with Gasteiger partial charge in [0.1, 0.15) is 0 Å². The first-order chi connectivity index (χ1) is 8.20. The van der Waals surface area contributed by atoms with Crippen molar-refractivity contribution < 1.29 is 4.74 Å². The van der Waals surface area contributed by atoms with Crippen LogP contribution in [0.4, 0.5) is 0 Å². The highest BCUT2D eigenvalue weighted by atomic mass is 16.5. The van der Waals surface area contributed by atoms with Gasteiger partial charge in [-0.15, -0.1) is 0 Å². The van der Waals surface area contributed by atoms with Gasteiger partial charge in [-0.3, -0.25) is 9.88 Å². The Morgan fingerprint density at radius 1 is 1.41 bits per heavy atom. The molecule has 0 saturated carbocycles. The molecule has 1 heterocycles. The minimum Gasteiger partial charge on any atom is -0.383 e. The van der Waals surface area contributed by atoms with Crippen LogP contribution in [0.15, 0.2) is 24.5 Å². The predicted molar refractivity (Wildman–Crippen MR) is 69.8 cm³/mol. The minimum absolute atomic E-state index is 0.124. The van der Waals surface area contributed by atoms with E-state index in [0.29, 0.717) is 6.61 Å². The first kappa shape index (κ1) is 14.1. The molecule has 2 atom stereocenters. The Kier molecular flexibility index (Phi) is 6.11. The summed E-state index contributed by atoms with van der Waals surface area (Å²) in [5, 5.41) is 0. The van der Waals surface area contributed by atoms with Crippen LogP contribution in [0.1, 0.15) is 24.9 Å². The van der Waals surface area contributed by atoms with Crippen molar-refractivity contribution >= 4 is 0 Å². The van der Waals surface area contributed by atoms with Crippen molar-refractivity contribution in [3.05, 3.63) is 30.1 Å². The summed E-state index contributed by atoms with van der Waals surface area (Å²) in [6.07, 6.45) is 4.58. The Balaban J connectivity index is 2.80. The van der Waals surface area contributed by atoms with Gasteiger partial charge in [0.05, 0.1) is 6.61 Å². The highest BCUT2D eigenvalue weighted by molar-refractivity contribution is 5.17. The van der Waals surface area contributed by atoms with E-state index in [1.54, 1.807) is 7.11 Å². The monoisotopic (exact) mass is 237 g/mol. The maximum absolute atomic E-state index is 6.22. The average Bonchev–Trinajstić information content (AvgIpc) is 2.37. The lowest BCUT2D eigenvalue weighted by atomic mass is 9.97. The predicted octanol–water partition coefficient (Wildman–Crippen LogP) is 1.44. The second kappa shape index (κ2) is 7.37. The summed E-state index contributed by atoms with van der Waals surface area (Å²) in [6, 6.07) is 4.41. The van der Waals surface area contributed by atoms with Gasteiger partial charge in [0.15, 0.2) is 0 Å². The zero-order valence-corrected chi connectivity index (χ0v) is 11.0. The van der Waals surface area contributed by atoms with Crippen LogP contribution in [0.5, 0.6) is 0 Å². The minimum atomic E-state index is 0.124. The number of rotatable bonds is 7. The second-order valence-electron chi connectivity index (χ2n) is 4.27. The molecule has 1 rings (SSSR count). The largest absolute Gasteiger partial charge is 0.383 e. The van der Waals surface area contributed by atoms with Crippen molar-refractivity contribution in [3.63, 3.8) is 0 Å². The van der Waals surface area contributed by atoms with E-state index in [2.05, 4.69) is 23.9 Å². The number of aromatic nitrogens is 1. The lowest BCUT2D eigenvalue weighted by Crippen LogP contribution is -2.40. The summed E-state index contributed by atoms with van der Waals surface area (Å²) in [6.45, 7) is 3.70. The van der Waals surface area contributed by atoms with Crippen molar-refractivity contribution in [2.75, 3.05) is 27.3 Å². The van der Waals surface area contributed by atoms with E-state index >= 15 is 0 Å². The molecule has 96 valence electrons. The molecular weight excluding hydrogens is 214 g/mol. The first-order valence-electron chi connectivity index (χ1n) is 6.05. The van der Waals surface area contributed by atoms with E-state index in [4.69, 9.17) is 10.5 Å². The summed E-state index contributed by atoms with van der Waals surface area (Å²) in [7, 11) is 3.80. The van der Waals surface area contributed by atoms with Crippen molar-refractivity contribution in [2.24, 2.45) is 5.73 Å². The van der Waals surface area contributed by atoms with Crippen LogP contribution in [0.2, 0.25) is 0 Å². The fourth-order valence-electron chi connectivity index (χ4n) is 1.99. The Morgan fingerprint density at radius 3 is 2.59 bits per heavy atom. The van der Waals surface area contributed by atoms with E-state index in [-0.39, 0.29) is 12.1 Å². The fourth-order valence-corrected chi connectivity index (χ4v) is 1.99. The van der Waals surface area contributed by atoms with Crippen LogP contribution in [0, 0.1) is 0 Å². The topological polar surface area (TPSA) is 51.4 Å². The molecule has 2 N–H and O–H groups in total. The Hall–Kier alpha value is -0.970. The van der Waals surface area contributed by atoms with Crippen LogP contribution in [-0.2, 0) is 4.74 Å². The van der Waals surface area contributed by atoms with Crippen LogP contribution in [0.3, 0.4) is 0 Å². The molecule has 17 heavy (non-hydrogen) atoms. The number of nitrogens with zero attached hydrogens (tertiary/aromatic N) is 2. The van der Waals surface area contributed by atoms with Crippen LogP contribution in [-0.4, -0.2) is 43.2 Å². The molecule has 0 aliphatic heterocycles. The molecule has 0 spiro atoms. The van der Waals surface area contributed by atoms with Crippen LogP contribution < -0.4 is 5.73 Å². The van der Waals surface area contributed by atoms with Crippen molar-refractivity contribution in [2.45, 2.75) is 25.4 Å². The van der Waals surface area contributed by atoms with Gasteiger partial charge in [0.2, 0.25) is 0 Å². The smallest absolute Gasteiger partial charge is 0.0589 e. The summed E-state index contributed by atoms with van der Waals surface area (Å²) >= 11 is 0. The lowest BCUT2D eigenvalue weighted by molar-refractivity contribution is 0.128. The molecule has 0 saturated heterocycles. The summed E-state index contributed by atoms with van der Waals surface area (Å²) in [5.74, 6) is 0. The van der Waals surface area contributed by atoms with Crippen LogP contribution >= 0.6 is 0 Å². The van der Waals surface area contributed by atoms with E-state index < -0.39 is 0 Å². The van der Waals surface area contributed by atoms with E-state index in [9.17, 15) is 0 Å². The molecular formula is C13H23N3O. The Bertz CT molecular complexity index is 305.